The van der Waals surface area contributed by atoms with Crippen LogP contribution in [0, 0.1) is 19.7 Å². The highest BCUT2D eigenvalue weighted by atomic mass is 79.9. The molecule has 0 aliphatic rings. The molecule has 0 saturated heterocycles. The molecular formula is C47H45BBrN3O10. The molecule has 0 aliphatic carbocycles. The molecule has 0 radical (unpaired) electrons. The summed E-state index contributed by atoms with van der Waals surface area (Å²) in [6.45, 7) is 20.3. The lowest BCUT2D eigenvalue weighted by atomic mass is 9.80. The van der Waals surface area contributed by atoms with Gasteiger partial charge in [-0.05, 0) is 84.3 Å². The number of esters is 2. The number of rotatable bonds is 8. The van der Waals surface area contributed by atoms with Crippen molar-refractivity contribution < 1.29 is 48.5 Å². The number of carbonyl (C=O) groups is 3. The van der Waals surface area contributed by atoms with Crippen LogP contribution < -0.4 is 14.9 Å². The van der Waals surface area contributed by atoms with Crippen LogP contribution in [0.2, 0.25) is 0 Å². The molecule has 0 bridgehead atoms. The number of carboxylic acids is 1. The van der Waals surface area contributed by atoms with Crippen LogP contribution in [0.15, 0.2) is 150 Å². The molecule has 15 heteroatoms. The summed E-state index contributed by atoms with van der Waals surface area (Å²) in [7, 11) is 1.25. The molecule has 0 aliphatic heterocycles. The minimum Gasteiger partial charge on any atom is -0.478 e. The Bertz CT molecular complexity index is 2460. The highest BCUT2D eigenvalue weighted by Gasteiger charge is 2.10. The standard InChI is InChI=1S/C15H11NO3.C14H9NO3.C8H7BrO2.C7H6BNO2.3CH4/c1-16-12-6-8-13(9-7-12)19-14-5-3-4-11(10-14)15(17)18-2;1-15-11-5-7-12(8-6-11)18-13-4-2-3-10(9-13)14(16)17;1-11-8(10)6-3-2-4-7(9)5-6;1-9-7-4-2-6(3-5-7)8(10)11;;;/h3-10H,2H3;2-9H,(H,16,17);2-5H,1H3;2-5,10-11H;3*1H4. The van der Waals surface area contributed by atoms with Crippen LogP contribution in [-0.4, -0.2) is 54.4 Å². The van der Waals surface area contributed by atoms with Crippen molar-refractivity contribution in [3.8, 4) is 23.0 Å². The van der Waals surface area contributed by atoms with Crippen molar-refractivity contribution in [2.75, 3.05) is 14.2 Å². The normalized spacial score (nSPS) is 8.87. The van der Waals surface area contributed by atoms with Crippen molar-refractivity contribution in [3.63, 3.8) is 0 Å². The smallest absolute Gasteiger partial charge is 0.478 e. The summed E-state index contributed by atoms with van der Waals surface area (Å²) in [5.41, 5.74) is 3.13. The van der Waals surface area contributed by atoms with Gasteiger partial charge < -0.3 is 34.1 Å². The monoisotopic (exact) mass is 901 g/mol. The van der Waals surface area contributed by atoms with E-state index in [4.69, 9.17) is 44.3 Å². The van der Waals surface area contributed by atoms with Gasteiger partial charge in [0.15, 0.2) is 17.1 Å². The van der Waals surface area contributed by atoms with E-state index in [-0.39, 0.29) is 33.8 Å². The summed E-state index contributed by atoms with van der Waals surface area (Å²) < 4.78 is 21.2. The molecule has 6 aromatic rings. The first-order chi connectivity index (χ1) is 28.4. The number of ether oxygens (including phenoxy) is 4. The average Bonchev–Trinajstić information content (AvgIpc) is 3.27. The second-order valence-corrected chi connectivity index (χ2v) is 12.3. The van der Waals surface area contributed by atoms with E-state index in [1.165, 1.54) is 38.5 Å². The van der Waals surface area contributed by atoms with Crippen LogP contribution >= 0.6 is 15.9 Å². The third-order valence-corrected chi connectivity index (χ3v) is 7.80. The van der Waals surface area contributed by atoms with Gasteiger partial charge in [-0.25, -0.2) is 28.9 Å². The number of carbonyl (C=O) groups excluding carboxylic acids is 2. The van der Waals surface area contributed by atoms with Crippen molar-refractivity contribution in [2.24, 2.45) is 0 Å². The van der Waals surface area contributed by atoms with Gasteiger partial charge in [0.05, 0.1) is 50.6 Å². The van der Waals surface area contributed by atoms with E-state index in [2.05, 4.69) is 39.9 Å². The first-order valence-corrected chi connectivity index (χ1v) is 17.7. The van der Waals surface area contributed by atoms with E-state index >= 15 is 0 Å². The molecule has 0 aromatic heterocycles. The number of aromatic carboxylic acids is 1. The van der Waals surface area contributed by atoms with Crippen molar-refractivity contribution in [3.05, 3.63) is 201 Å². The number of hydrogen-bond donors (Lipinski definition) is 3. The molecule has 0 spiro atoms. The van der Waals surface area contributed by atoms with Gasteiger partial charge in [0.1, 0.15) is 23.0 Å². The van der Waals surface area contributed by atoms with Gasteiger partial charge >= 0.3 is 25.0 Å². The molecule has 0 heterocycles. The van der Waals surface area contributed by atoms with Crippen molar-refractivity contribution in [1.29, 1.82) is 0 Å². The first kappa shape index (κ1) is 54.3. The van der Waals surface area contributed by atoms with Crippen LogP contribution in [-0.2, 0) is 9.47 Å². The first-order valence-electron chi connectivity index (χ1n) is 16.9. The van der Waals surface area contributed by atoms with Crippen molar-refractivity contribution >= 4 is 63.5 Å². The molecule has 6 aromatic carbocycles. The van der Waals surface area contributed by atoms with Gasteiger partial charge in [0, 0.05) is 4.47 Å². The summed E-state index contributed by atoms with van der Waals surface area (Å²) in [5.74, 6) is 0.437. The summed E-state index contributed by atoms with van der Waals surface area (Å²) >= 11 is 3.25. The largest absolute Gasteiger partial charge is 0.488 e. The van der Waals surface area contributed by atoms with Crippen molar-refractivity contribution in [2.45, 2.75) is 22.3 Å². The fraction of sp³-hybridized carbons (Fsp3) is 0.106. The molecule has 13 nitrogen and oxygen atoms in total. The Hall–Kier alpha value is -7.74. The Morgan fingerprint density at radius 1 is 0.516 bits per heavy atom. The van der Waals surface area contributed by atoms with Crippen LogP contribution in [0.25, 0.3) is 14.5 Å². The van der Waals surface area contributed by atoms with Crippen LogP contribution in [0.5, 0.6) is 23.0 Å². The zero-order valence-corrected chi connectivity index (χ0v) is 32.9. The maximum Gasteiger partial charge on any atom is 0.488 e. The SMILES string of the molecule is C.C.C.COC(=O)c1cccc(Br)c1.[C-]#[N+]c1ccc(B(O)O)cc1.[C-]#[N+]c1ccc(Oc2cccc(C(=O)O)c2)cc1.[C-]#[N+]c1ccc(Oc2cccc(C(=O)OC)c2)cc1. The van der Waals surface area contributed by atoms with Gasteiger partial charge in [-0.1, -0.05) is 105 Å². The Morgan fingerprint density at radius 3 is 1.23 bits per heavy atom. The second-order valence-electron chi connectivity index (χ2n) is 11.3. The lowest BCUT2D eigenvalue weighted by Crippen LogP contribution is -2.29. The van der Waals surface area contributed by atoms with Gasteiger partial charge in [-0.15, -0.1) is 0 Å². The Balaban J connectivity index is 0.000000810. The average molecular weight is 903 g/mol. The number of hydrogen-bond acceptors (Lipinski definition) is 9. The van der Waals surface area contributed by atoms with E-state index in [1.54, 1.807) is 115 Å². The third kappa shape index (κ3) is 18.5. The van der Waals surface area contributed by atoms with Crippen LogP contribution in [0.3, 0.4) is 0 Å². The van der Waals surface area contributed by atoms with Crippen LogP contribution in [0.1, 0.15) is 53.4 Å². The van der Waals surface area contributed by atoms with E-state index in [9.17, 15) is 14.4 Å². The number of methoxy groups -OCH3 is 2. The second kappa shape index (κ2) is 28.6. The molecule has 62 heavy (non-hydrogen) atoms. The molecular weight excluding hydrogens is 857 g/mol. The Labute approximate surface area is 371 Å². The Kier molecular flexibility index (Phi) is 25.1. The molecule has 0 fully saturated rings. The van der Waals surface area contributed by atoms with Gasteiger partial charge in [-0.3, -0.25) is 0 Å². The van der Waals surface area contributed by atoms with Gasteiger partial charge in [0.2, 0.25) is 0 Å². The van der Waals surface area contributed by atoms with E-state index in [1.807, 2.05) is 6.07 Å². The maximum absolute atomic E-state index is 11.4. The quantitative estimate of drug-likeness (QED) is 0.0761. The molecule has 6 rings (SSSR count). The topological polar surface area (TPSA) is 162 Å². The van der Waals surface area contributed by atoms with E-state index in [0.29, 0.717) is 56.6 Å². The predicted octanol–water partition coefficient (Wildman–Crippen LogP) is 11.6. The zero-order chi connectivity index (χ0) is 43.2. The maximum atomic E-state index is 11.4. The fourth-order valence-electron chi connectivity index (χ4n) is 4.40. The molecule has 0 atom stereocenters. The highest BCUT2D eigenvalue weighted by Crippen LogP contribution is 2.26. The molecule has 0 amide bonds. The molecule has 0 unspecified atom stereocenters. The highest BCUT2D eigenvalue weighted by molar-refractivity contribution is 9.10. The minimum absolute atomic E-state index is 0. The number of carboxylic acid groups (broad SMARTS) is 1. The van der Waals surface area contributed by atoms with E-state index in [0.717, 1.165) is 4.47 Å². The molecule has 0 saturated carbocycles. The number of halogens is 1. The number of benzene rings is 6. The molecule has 3 N–H and O–H groups in total. The minimum atomic E-state index is -1.45. The summed E-state index contributed by atoms with van der Waals surface area (Å²) in [6, 6.07) is 39.5. The Morgan fingerprint density at radius 2 is 0.871 bits per heavy atom. The van der Waals surface area contributed by atoms with Crippen LogP contribution in [0.4, 0.5) is 17.1 Å². The summed E-state index contributed by atoms with van der Waals surface area (Å²) in [5, 5.41) is 26.2. The fourth-order valence-corrected chi connectivity index (χ4v) is 4.80. The lowest BCUT2D eigenvalue weighted by molar-refractivity contribution is 0.0591. The van der Waals surface area contributed by atoms with Gasteiger partial charge in [-0.2, -0.15) is 0 Å². The van der Waals surface area contributed by atoms with Crippen molar-refractivity contribution in [1.82, 2.24) is 0 Å². The van der Waals surface area contributed by atoms with Gasteiger partial charge in [0.25, 0.3) is 0 Å². The lowest BCUT2D eigenvalue weighted by Gasteiger charge is -2.07. The van der Waals surface area contributed by atoms with E-state index < -0.39 is 19.1 Å². The third-order valence-electron chi connectivity index (χ3n) is 7.31. The summed E-state index contributed by atoms with van der Waals surface area (Å²) in [4.78, 5) is 42.8. The predicted molar refractivity (Wildman–Crippen MR) is 245 cm³/mol. The summed E-state index contributed by atoms with van der Waals surface area (Å²) in [6.07, 6.45) is 0. The zero-order valence-electron chi connectivity index (χ0n) is 31.4. The molecule has 318 valence electrons. The number of nitrogens with zero attached hydrogens (tertiary/aromatic N) is 3.